The van der Waals surface area contributed by atoms with E-state index in [-0.39, 0.29) is 0 Å². The lowest BCUT2D eigenvalue weighted by Gasteiger charge is -2.29. The Labute approximate surface area is 113 Å². The minimum Gasteiger partial charge on any atom is -0.490 e. The number of ether oxygens (including phenoxy) is 3. The SMILES string of the molecule is CC1(C(O)c2ccc3c(c2)OCCCO3)CCCO1. The van der Waals surface area contributed by atoms with Crippen LogP contribution in [0.2, 0.25) is 0 Å². The Morgan fingerprint density at radius 2 is 1.89 bits per heavy atom. The van der Waals surface area contributed by atoms with Crippen LogP contribution in [0.4, 0.5) is 0 Å². The summed E-state index contributed by atoms with van der Waals surface area (Å²) in [7, 11) is 0. The molecule has 4 nitrogen and oxygen atoms in total. The molecule has 4 heteroatoms. The zero-order chi connectivity index (χ0) is 13.3. The smallest absolute Gasteiger partial charge is 0.161 e. The van der Waals surface area contributed by atoms with Crippen molar-refractivity contribution in [2.75, 3.05) is 19.8 Å². The highest BCUT2D eigenvalue weighted by atomic mass is 16.5. The van der Waals surface area contributed by atoms with E-state index in [1.165, 1.54) is 0 Å². The molecule has 3 rings (SSSR count). The van der Waals surface area contributed by atoms with Crippen LogP contribution >= 0.6 is 0 Å². The predicted molar refractivity (Wildman–Crippen MR) is 70.6 cm³/mol. The minimum absolute atomic E-state index is 0.486. The molecule has 104 valence electrons. The first kappa shape index (κ1) is 12.8. The topological polar surface area (TPSA) is 47.9 Å². The van der Waals surface area contributed by atoms with Gasteiger partial charge in [0.2, 0.25) is 0 Å². The second-order valence-electron chi connectivity index (χ2n) is 5.42. The molecule has 0 spiro atoms. The molecule has 1 aromatic carbocycles. The first-order valence-corrected chi connectivity index (χ1v) is 6.91. The van der Waals surface area contributed by atoms with Crippen LogP contribution in [0, 0.1) is 0 Å². The van der Waals surface area contributed by atoms with Crippen LogP contribution in [0.15, 0.2) is 18.2 Å². The van der Waals surface area contributed by atoms with Crippen LogP contribution in [0.3, 0.4) is 0 Å². The summed E-state index contributed by atoms with van der Waals surface area (Å²) in [5, 5.41) is 10.5. The molecule has 1 fully saturated rings. The van der Waals surface area contributed by atoms with Crippen molar-refractivity contribution in [3.63, 3.8) is 0 Å². The zero-order valence-corrected chi connectivity index (χ0v) is 11.2. The molecule has 2 atom stereocenters. The van der Waals surface area contributed by atoms with Gasteiger partial charge in [-0.2, -0.15) is 0 Å². The number of hydrogen-bond acceptors (Lipinski definition) is 4. The van der Waals surface area contributed by atoms with Crippen molar-refractivity contribution in [3.05, 3.63) is 23.8 Å². The number of aliphatic hydroxyl groups excluding tert-OH is 1. The molecule has 2 aliphatic rings. The van der Waals surface area contributed by atoms with Gasteiger partial charge in [-0.1, -0.05) is 6.07 Å². The van der Waals surface area contributed by atoms with Gasteiger partial charge in [0.25, 0.3) is 0 Å². The van der Waals surface area contributed by atoms with Crippen LogP contribution in [0.5, 0.6) is 11.5 Å². The van der Waals surface area contributed by atoms with Gasteiger partial charge in [-0.3, -0.25) is 0 Å². The first-order chi connectivity index (χ1) is 9.19. The highest BCUT2D eigenvalue weighted by Crippen LogP contribution is 2.40. The Morgan fingerprint density at radius 1 is 1.11 bits per heavy atom. The van der Waals surface area contributed by atoms with Crippen molar-refractivity contribution in [1.82, 2.24) is 0 Å². The molecule has 0 saturated carbocycles. The summed E-state index contributed by atoms with van der Waals surface area (Å²) >= 11 is 0. The average Bonchev–Trinajstić information content (AvgIpc) is 2.74. The summed E-state index contributed by atoms with van der Waals surface area (Å²) < 4.78 is 17.0. The molecule has 2 aliphatic heterocycles. The minimum atomic E-state index is -0.632. The zero-order valence-electron chi connectivity index (χ0n) is 11.2. The second kappa shape index (κ2) is 5.02. The summed E-state index contributed by atoms with van der Waals surface area (Å²) in [6.45, 7) is 4.02. The maximum absolute atomic E-state index is 10.5. The number of fused-ring (bicyclic) bond motifs is 1. The van der Waals surface area contributed by atoms with Gasteiger partial charge in [0.15, 0.2) is 11.5 Å². The summed E-state index contributed by atoms with van der Waals surface area (Å²) in [5.74, 6) is 1.47. The van der Waals surface area contributed by atoms with E-state index in [2.05, 4.69) is 0 Å². The molecule has 1 aromatic rings. The van der Waals surface area contributed by atoms with E-state index in [1.54, 1.807) is 0 Å². The molecule has 0 aliphatic carbocycles. The highest BCUT2D eigenvalue weighted by Gasteiger charge is 2.38. The Bertz CT molecular complexity index is 451. The van der Waals surface area contributed by atoms with Crippen molar-refractivity contribution in [2.45, 2.75) is 37.9 Å². The lowest BCUT2D eigenvalue weighted by atomic mass is 9.90. The molecule has 2 unspecified atom stereocenters. The van der Waals surface area contributed by atoms with Gasteiger partial charge in [-0.25, -0.2) is 0 Å². The summed E-state index contributed by atoms with van der Waals surface area (Å²) in [6.07, 6.45) is 2.13. The van der Waals surface area contributed by atoms with E-state index in [1.807, 2.05) is 25.1 Å². The molecule has 1 N–H and O–H groups in total. The third kappa shape index (κ3) is 2.42. The highest BCUT2D eigenvalue weighted by molar-refractivity contribution is 5.44. The summed E-state index contributed by atoms with van der Waals surface area (Å²) in [4.78, 5) is 0. The standard InChI is InChI=1S/C15H20O4/c1-15(6-2-9-19-15)14(16)11-4-5-12-13(10-11)18-8-3-7-17-12/h4-5,10,14,16H,2-3,6-9H2,1H3. The molecule has 0 radical (unpaired) electrons. The van der Waals surface area contributed by atoms with Crippen LogP contribution in [-0.4, -0.2) is 30.5 Å². The van der Waals surface area contributed by atoms with E-state index >= 15 is 0 Å². The second-order valence-corrected chi connectivity index (χ2v) is 5.42. The van der Waals surface area contributed by atoms with Crippen LogP contribution < -0.4 is 9.47 Å². The Morgan fingerprint density at radius 3 is 2.63 bits per heavy atom. The number of aliphatic hydroxyl groups is 1. The first-order valence-electron chi connectivity index (χ1n) is 6.91. The van der Waals surface area contributed by atoms with Gasteiger partial charge in [0, 0.05) is 13.0 Å². The van der Waals surface area contributed by atoms with Crippen molar-refractivity contribution in [2.24, 2.45) is 0 Å². The predicted octanol–water partition coefficient (Wildman–Crippen LogP) is 2.45. The molecule has 2 heterocycles. The van der Waals surface area contributed by atoms with Crippen molar-refractivity contribution in [3.8, 4) is 11.5 Å². The summed E-state index contributed by atoms with van der Waals surface area (Å²) in [5.41, 5.74) is 0.341. The van der Waals surface area contributed by atoms with Crippen LogP contribution in [0.1, 0.15) is 37.9 Å². The summed E-state index contributed by atoms with van der Waals surface area (Å²) in [6, 6.07) is 5.64. The van der Waals surface area contributed by atoms with Crippen LogP contribution in [0.25, 0.3) is 0 Å². The maximum Gasteiger partial charge on any atom is 0.161 e. The normalized spacial score (nSPS) is 27.9. The lowest BCUT2D eigenvalue weighted by Crippen LogP contribution is -2.31. The molecule has 1 saturated heterocycles. The molecule has 0 aromatic heterocycles. The van der Waals surface area contributed by atoms with E-state index in [9.17, 15) is 5.11 Å². The largest absolute Gasteiger partial charge is 0.490 e. The van der Waals surface area contributed by atoms with Gasteiger partial charge in [0.1, 0.15) is 6.10 Å². The fourth-order valence-electron chi connectivity index (χ4n) is 2.72. The van der Waals surface area contributed by atoms with Gasteiger partial charge in [-0.15, -0.1) is 0 Å². The molecular weight excluding hydrogens is 244 g/mol. The number of rotatable bonds is 2. The van der Waals surface area contributed by atoms with Crippen molar-refractivity contribution in [1.29, 1.82) is 0 Å². The molecule has 19 heavy (non-hydrogen) atoms. The maximum atomic E-state index is 10.5. The van der Waals surface area contributed by atoms with E-state index in [0.717, 1.165) is 42.9 Å². The van der Waals surface area contributed by atoms with E-state index < -0.39 is 11.7 Å². The third-order valence-electron chi connectivity index (χ3n) is 3.92. The number of hydrogen-bond donors (Lipinski definition) is 1. The van der Waals surface area contributed by atoms with Gasteiger partial charge in [-0.05, 0) is 37.5 Å². The number of benzene rings is 1. The Balaban J connectivity index is 1.87. The molecule has 0 bridgehead atoms. The van der Waals surface area contributed by atoms with E-state index in [4.69, 9.17) is 14.2 Å². The molecule has 0 amide bonds. The fraction of sp³-hybridized carbons (Fsp3) is 0.600. The Kier molecular flexibility index (Phi) is 3.37. The van der Waals surface area contributed by atoms with E-state index in [0.29, 0.717) is 13.2 Å². The average molecular weight is 264 g/mol. The van der Waals surface area contributed by atoms with Gasteiger partial charge >= 0.3 is 0 Å². The molecular formula is C15H20O4. The van der Waals surface area contributed by atoms with Crippen molar-refractivity contribution < 1.29 is 19.3 Å². The van der Waals surface area contributed by atoms with Crippen LogP contribution in [-0.2, 0) is 4.74 Å². The van der Waals surface area contributed by atoms with Gasteiger partial charge < -0.3 is 19.3 Å². The monoisotopic (exact) mass is 264 g/mol. The quantitative estimate of drug-likeness (QED) is 0.891. The van der Waals surface area contributed by atoms with Gasteiger partial charge in [0.05, 0.1) is 18.8 Å². The fourth-order valence-corrected chi connectivity index (χ4v) is 2.72. The third-order valence-corrected chi connectivity index (χ3v) is 3.92. The van der Waals surface area contributed by atoms with Crippen molar-refractivity contribution >= 4 is 0 Å². The Hall–Kier alpha value is -1.26. The lowest BCUT2D eigenvalue weighted by molar-refractivity contribution is -0.0796.